The predicted molar refractivity (Wildman–Crippen MR) is 127 cm³/mol. The van der Waals surface area contributed by atoms with E-state index in [1.807, 2.05) is 11.0 Å². The molecule has 0 saturated carbocycles. The quantitative estimate of drug-likeness (QED) is 0.464. The number of hydrogen-bond acceptors (Lipinski definition) is 4. The zero-order chi connectivity index (χ0) is 22.3. The van der Waals surface area contributed by atoms with Crippen LogP contribution in [0.1, 0.15) is 25.3 Å². The zero-order valence-electron chi connectivity index (χ0n) is 18.4. The Morgan fingerprint density at radius 2 is 1.84 bits per heavy atom. The van der Waals surface area contributed by atoms with Crippen LogP contribution in [0.5, 0.6) is 5.75 Å². The first-order chi connectivity index (χ1) is 15.6. The van der Waals surface area contributed by atoms with Crippen molar-refractivity contribution in [3.63, 3.8) is 0 Å². The Balaban J connectivity index is 1.42. The van der Waals surface area contributed by atoms with E-state index in [0.717, 1.165) is 50.4 Å². The largest absolute Gasteiger partial charge is 0.493 e. The SMILES string of the molecule is CCCCOc1cc(-c2ccccc2)ccc1CN1CCN(C(=O)n2cc(Cl)cn2)CC1. The molecule has 1 aliphatic rings. The van der Waals surface area contributed by atoms with Crippen LogP contribution in [-0.2, 0) is 6.54 Å². The molecule has 0 unspecified atom stereocenters. The van der Waals surface area contributed by atoms with Gasteiger partial charge in [0, 0.05) is 38.3 Å². The average Bonchev–Trinajstić information content (AvgIpc) is 3.27. The maximum atomic E-state index is 12.6. The summed E-state index contributed by atoms with van der Waals surface area (Å²) in [5, 5.41) is 4.49. The summed E-state index contributed by atoms with van der Waals surface area (Å²) in [6.45, 7) is 6.60. The van der Waals surface area contributed by atoms with Crippen molar-refractivity contribution in [2.75, 3.05) is 32.8 Å². The number of unbranched alkanes of at least 4 members (excludes halogenated alkanes) is 1. The minimum atomic E-state index is -0.132. The van der Waals surface area contributed by atoms with Gasteiger partial charge in [-0.1, -0.05) is 67.4 Å². The van der Waals surface area contributed by atoms with Gasteiger partial charge in [0.1, 0.15) is 5.75 Å². The molecule has 0 aliphatic carbocycles. The smallest absolute Gasteiger partial charge is 0.344 e. The number of amides is 1. The number of nitrogens with zero attached hydrogens (tertiary/aromatic N) is 4. The third-order valence-electron chi connectivity index (χ3n) is 5.71. The molecule has 0 spiro atoms. The number of rotatable bonds is 7. The zero-order valence-corrected chi connectivity index (χ0v) is 19.2. The molecule has 1 fully saturated rings. The number of benzene rings is 2. The lowest BCUT2D eigenvalue weighted by molar-refractivity contribution is 0.133. The van der Waals surface area contributed by atoms with Gasteiger partial charge in [0.15, 0.2) is 0 Å². The second-order valence-corrected chi connectivity index (χ2v) is 8.48. The standard InChI is InChI=1S/C25H29ClN4O2/c1-2-3-15-32-24-16-21(20-7-5-4-6-8-20)9-10-22(24)18-28-11-13-29(14-12-28)25(31)30-19-23(26)17-27-30/h4-10,16-17,19H,2-3,11-15,18H2,1H3. The van der Waals surface area contributed by atoms with Gasteiger partial charge in [-0.2, -0.15) is 9.78 Å². The van der Waals surface area contributed by atoms with E-state index in [0.29, 0.717) is 18.1 Å². The molecule has 0 atom stereocenters. The maximum absolute atomic E-state index is 12.6. The van der Waals surface area contributed by atoms with Crippen LogP contribution in [0.2, 0.25) is 5.02 Å². The Hall–Kier alpha value is -2.83. The first-order valence-electron chi connectivity index (χ1n) is 11.2. The van der Waals surface area contributed by atoms with Gasteiger partial charge in [-0.3, -0.25) is 4.90 Å². The van der Waals surface area contributed by atoms with Gasteiger partial charge in [-0.25, -0.2) is 4.79 Å². The fraction of sp³-hybridized carbons (Fsp3) is 0.360. The summed E-state index contributed by atoms with van der Waals surface area (Å²) >= 11 is 5.89. The monoisotopic (exact) mass is 452 g/mol. The number of carbonyl (C=O) groups excluding carboxylic acids is 1. The van der Waals surface area contributed by atoms with Crippen molar-refractivity contribution in [3.8, 4) is 16.9 Å². The normalized spacial score (nSPS) is 14.5. The molecule has 6 nitrogen and oxygen atoms in total. The number of aromatic nitrogens is 2. The summed E-state index contributed by atoms with van der Waals surface area (Å²) < 4.78 is 7.49. The Morgan fingerprint density at radius 1 is 1.06 bits per heavy atom. The molecule has 4 rings (SSSR count). The molecule has 0 N–H and O–H groups in total. The van der Waals surface area contributed by atoms with Crippen molar-refractivity contribution < 1.29 is 9.53 Å². The van der Waals surface area contributed by atoms with Crippen LogP contribution >= 0.6 is 11.6 Å². The molecule has 1 aliphatic heterocycles. The van der Waals surface area contributed by atoms with Crippen molar-refractivity contribution in [2.24, 2.45) is 0 Å². The number of hydrogen-bond donors (Lipinski definition) is 0. The number of halogens is 1. The fourth-order valence-electron chi connectivity index (χ4n) is 3.84. The molecular weight excluding hydrogens is 424 g/mol. The molecule has 168 valence electrons. The summed E-state index contributed by atoms with van der Waals surface area (Å²) in [6.07, 6.45) is 5.16. The third kappa shape index (κ3) is 5.50. The van der Waals surface area contributed by atoms with E-state index in [2.05, 4.69) is 59.4 Å². The fourth-order valence-corrected chi connectivity index (χ4v) is 3.98. The Kier molecular flexibility index (Phi) is 7.45. The molecule has 3 aromatic rings. The Morgan fingerprint density at radius 3 is 2.53 bits per heavy atom. The second-order valence-electron chi connectivity index (χ2n) is 8.04. The van der Waals surface area contributed by atoms with Crippen molar-refractivity contribution in [2.45, 2.75) is 26.3 Å². The summed E-state index contributed by atoms with van der Waals surface area (Å²) in [6, 6.07) is 16.7. The van der Waals surface area contributed by atoms with Gasteiger partial charge in [-0.15, -0.1) is 0 Å². The van der Waals surface area contributed by atoms with Crippen LogP contribution in [0.4, 0.5) is 4.79 Å². The van der Waals surface area contributed by atoms with Crippen LogP contribution < -0.4 is 4.74 Å². The van der Waals surface area contributed by atoms with E-state index in [4.69, 9.17) is 16.3 Å². The highest BCUT2D eigenvalue weighted by atomic mass is 35.5. The molecular formula is C25H29ClN4O2. The molecule has 32 heavy (non-hydrogen) atoms. The van der Waals surface area contributed by atoms with Crippen molar-refractivity contribution in [1.82, 2.24) is 19.6 Å². The maximum Gasteiger partial charge on any atom is 0.344 e. The molecule has 0 radical (unpaired) electrons. The summed E-state index contributed by atoms with van der Waals surface area (Å²) in [4.78, 5) is 16.8. The lowest BCUT2D eigenvalue weighted by Gasteiger charge is -2.34. The highest BCUT2D eigenvalue weighted by molar-refractivity contribution is 6.30. The van der Waals surface area contributed by atoms with Crippen LogP contribution in [-0.4, -0.2) is 58.4 Å². The van der Waals surface area contributed by atoms with Gasteiger partial charge in [0.2, 0.25) is 0 Å². The summed E-state index contributed by atoms with van der Waals surface area (Å²) in [5.41, 5.74) is 3.53. The number of carbonyl (C=O) groups is 1. The minimum absolute atomic E-state index is 0.132. The summed E-state index contributed by atoms with van der Waals surface area (Å²) in [7, 11) is 0. The highest BCUT2D eigenvalue weighted by Crippen LogP contribution is 2.29. The minimum Gasteiger partial charge on any atom is -0.493 e. The molecule has 0 bridgehead atoms. The average molecular weight is 453 g/mol. The molecule has 1 saturated heterocycles. The van der Waals surface area contributed by atoms with E-state index in [9.17, 15) is 4.79 Å². The van der Waals surface area contributed by atoms with E-state index >= 15 is 0 Å². The molecule has 1 aromatic heterocycles. The third-order valence-corrected chi connectivity index (χ3v) is 5.91. The van der Waals surface area contributed by atoms with Crippen LogP contribution in [0, 0.1) is 0 Å². The molecule has 1 amide bonds. The Labute approximate surface area is 194 Å². The first kappa shape index (κ1) is 22.4. The van der Waals surface area contributed by atoms with Gasteiger partial charge >= 0.3 is 6.03 Å². The first-order valence-corrected chi connectivity index (χ1v) is 11.5. The van der Waals surface area contributed by atoms with Crippen molar-refractivity contribution in [1.29, 1.82) is 0 Å². The topological polar surface area (TPSA) is 50.6 Å². The number of ether oxygens (including phenoxy) is 1. The Bertz CT molecular complexity index is 1030. The molecule has 2 heterocycles. The van der Waals surface area contributed by atoms with Crippen LogP contribution in [0.25, 0.3) is 11.1 Å². The van der Waals surface area contributed by atoms with Gasteiger partial charge in [-0.05, 0) is 23.6 Å². The lowest BCUT2D eigenvalue weighted by Crippen LogP contribution is -2.49. The summed E-state index contributed by atoms with van der Waals surface area (Å²) in [5.74, 6) is 0.949. The van der Waals surface area contributed by atoms with Crippen molar-refractivity contribution >= 4 is 17.6 Å². The van der Waals surface area contributed by atoms with Crippen LogP contribution in [0.15, 0.2) is 60.9 Å². The van der Waals surface area contributed by atoms with E-state index in [1.165, 1.54) is 22.0 Å². The van der Waals surface area contributed by atoms with Gasteiger partial charge in [0.05, 0.1) is 24.0 Å². The van der Waals surface area contributed by atoms with Crippen molar-refractivity contribution in [3.05, 3.63) is 71.5 Å². The van der Waals surface area contributed by atoms with Gasteiger partial charge < -0.3 is 9.64 Å². The van der Waals surface area contributed by atoms with E-state index < -0.39 is 0 Å². The predicted octanol–water partition coefficient (Wildman–Crippen LogP) is 5.17. The number of piperazine rings is 1. The lowest BCUT2D eigenvalue weighted by atomic mass is 10.0. The van der Waals surface area contributed by atoms with E-state index in [1.54, 1.807) is 6.20 Å². The second kappa shape index (κ2) is 10.7. The van der Waals surface area contributed by atoms with Crippen LogP contribution in [0.3, 0.4) is 0 Å². The molecule has 2 aromatic carbocycles. The molecule has 7 heteroatoms. The highest BCUT2D eigenvalue weighted by Gasteiger charge is 2.23. The van der Waals surface area contributed by atoms with Gasteiger partial charge in [0.25, 0.3) is 0 Å². The van der Waals surface area contributed by atoms with E-state index in [-0.39, 0.29) is 6.03 Å².